The first kappa shape index (κ1) is 28.1. The summed E-state index contributed by atoms with van der Waals surface area (Å²) in [5, 5.41) is 0. The molecule has 0 N–H and O–H groups in total. The van der Waals surface area contributed by atoms with Crippen LogP contribution in [0.4, 0.5) is 0 Å². The van der Waals surface area contributed by atoms with E-state index in [4.69, 9.17) is 9.16 Å². The fourth-order valence-corrected chi connectivity index (χ4v) is 8.59. The quantitative estimate of drug-likeness (QED) is 0.123. The third kappa shape index (κ3) is 17.0. The lowest BCUT2D eigenvalue weighted by Crippen LogP contribution is -2.39. The second-order valence-corrected chi connectivity index (χ2v) is 12.9. The van der Waals surface area contributed by atoms with E-state index in [0.717, 1.165) is 19.8 Å². The van der Waals surface area contributed by atoms with Gasteiger partial charge >= 0.3 is 0 Å². The molecule has 0 fully saturated rings. The van der Waals surface area contributed by atoms with Gasteiger partial charge in [-0.2, -0.15) is 0 Å². The number of hydrogen-bond donors (Lipinski definition) is 0. The molecule has 0 amide bonds. The van der Waals surface area contributed by atoms with E-state index in [2.05, 4.69) is 27.7 Å². The van der Waals surface area contributed by atoms with E-state index in [1.165, 1.54) is 114 Å². The van der Waals surface area contributed by atoms with E-state index in [9.17, 15) is 0 Å². The maximum absolute atomic E-state index is 6.77. The molecule has 0 radical (unpaired) electrons. The zero-order valence-corrected chi connectivity index (χ0v) is 21.2. The van der Waals surface area contributed by atoms with Crippen LogP contribution < -0.4 is 0 Å². The highest BCUT2D eigenvalue weighted by Crippen LogP contribution is 2.31. The second kappa shape index (κ2) is 21.8. The lowest BCUT2D eigenvalue weighted by molar-refractivity contribution is 0.105. The van der Waals surface area contributed by atoms with Crippen molar-refractivity contribution in [1.82, 2.24) is 0 Å². The smallest absolute Gasteiger partial charge is 0.192 e. The van der Waals surface area contributed by atoms with Crippen LogP contribution in [0.5, 0.6) is 0 Å². The second-order valence-electron chi connectivity index (χ2n) is 8.72. The van der Waals surface area contributed by atoms with Crippen molar-refractivity contribution >= 4 is 8.32 Å². The van der Waals surface area contributed by atoms with Gasteiger partial charge in [-0.3, -0.25) is 0 Å². The van der Waals surface area contributed by atoms with Crippen molar-refractivity contribution in [2.24, 2.45) is 0 Å². The van der Waals surface area contributed by atoms with Crippen molar-refractivity contribution < 1.29 is 9.16 Å². The van der Waals surface area contributed by atoms with Gasteiger partial charge in [0.15, 0.2) is 8.32 Å². The minimum atomic E-state index is -1.61. The van der Waals surface area contributed by atoms with Crippen molar-refractivity contribution in [2.45, 2.75) is 142 Å². The van der Waals surface area contributed by atoms with Gasteiger partial charge in [0.2, 0.25) is 0 Å². The van der Waals surface area contributed by atoms with Crippen molar-refractivity contribution in [3.63, 3.8) is 0 Å². The van der Waals surface area contributed by atoms with Crippen molar-refractivity contribution in [2.75, 3.05) is 19.8 Å². The Morgan fingerprint density at radius 2 is 0.857 bits per heavy atom. The van der Waals surface area contributed by atoms with Gasteiger partial charge < -0.3 is 9.16 Å². The Balaban J connectivity index is 4.66. The Bertz CT molecular complexity index is 260. The van der Waals surface area contributed by atoms with Crippen molar-refractivity contribution in [1.29, 1.82) is 0 Å². The standard InChI is InChI=1S/C25H54O2Si/c1-5-9-12-15-18-23-28(27-22-21-26-8-4,24-19-16-13-10-6-2)25-20-17-14-11-7-3/h5-25H2,1-4H3. The Morgan fingerprint density at radius 3 is 1.21 bits per heavy atom. The highest BCUT2D eigenvalue weighted by molar-refractivity contribution is 6.73. The van der Waals surface area contributed by atoms with Gasteiger partial charge in [0.1, 0.15) is 0 Å². The molecule has 0 unspecified atom stereocenters. The van der Waals surface area contributed by atoms with Crippen LogP contribution >= 0.6 is 0 Å². The summed E-state index contributed by atoms with van der Waals surface area (Å²) in [6, 6.07) is 4.18. The maximum Gasteiger partial charge on any atom is 0.192 e. The summed E-state index contributed by atoms with van der Waals surface area (Å²) in [6.07, 6.45) is 20.8. The third-order valence-electron chi connectivity index (χ3n) is 6.05. The fourth-order valence-electron chi connectivity index (χ4n) is 4.21. The lowest BCUT2D eigenvalue weighted by atomic mass is 10.2. The van der Waals surface area contributed by atoms with Gasteiger partial charge in [-0.1, -0.05) is 117 Å². The van der Waals surface area contributed by atoms with Gasteiger partial charge in [0.05, 0.1) is 13.2 Å². The number of hydrogen-bond acceptors (Lipinski definition) is 2. The van der Waals surface area contributed by atoms with Crippen LogP contribution in [0.25, 0.3) is 0 Å². The van der Waals surface area contributed by atoms with Crippen molar-refractivity contribution in [3.05, 3.63) is 0 Å². The highest BCUT2D eigenvalue weighted by Gasteiger charge is 2.33. The summed E-state index contributed by atoms with van der Waals surface area (Å²) >= 11 is 0. The van der Waals surface area contributed by atoms with Crippen LogP contribution in [0.1, 0.15) is 124 Å². The molecule has 0 aromatic heterocycles. The Hall–Kier alpha value is 0.137. The predicted octanol–water partition coefficient (Wildman–Crippen LogP) is 8.90. The molecule has 170 valence electrons. The van der Waals surface area contributed by atoms with Gasteiger partial charge in [-0.05, 0) is 25.1 Å². The van der Waals surface area contributed by atoms with Gasteiger partial charge in [0, 0.05) is 6.61 Å². The third-order valence-corrected chi connectivity index (χ3v) is 10.7. The molecule has 2 nitrogen and oxygen atoms in total. The summed E-state index contributed by atoms with van der Waals surface area (Å²) in [6.45, 7) is 11.4. The number of unbranched alkanes of at least 4 members (excludes halogenated alkanes) is 12. The van der Waals surface area contributed by atoms with Crippen LogP contribution in [0, 0.1) is 0 Å². The molecule has 0 aliphatic rings. The summed E-state index contributed by atoms with van der Waals surface area (Å²) in [7, 11) is -1.61. The molecule has 0 aromatic carbocycles. The molecular formula is C25H54O2Si. The van der Waals surface area contributed by atoms with Crippen LogP contribution in [0.2, 0.25) is 18.1 Å². The summed E-state index contributed by atoms with van der Waals surface area (Å²) in [4.78, 5) is 0. The van der Waals surface area contributed by atoms with Gasteiger partial charge in [0.25, 0.3) is 0 Å². The van der Waals surface area contributed by atoms with Crippen LogP contribution in [-0.4, -0.2) is 28.1 Å². The summed E-state index contributed by atoms with van der Waals surface area (Å²) < 4.78 is 12.4. The molecule has 0 aromatic rings. The molecule has 0 aliphatic heterocycles. The van der Waals surface area contributed by atoms with E-state index in [0.29, 0.717) is 0 Å². The highest BCUT2D eigenvalue weighted by atomic mass is 28.4. The molecule has 0 heterocycles. The zero-order chi connectivity index (χ0) is 20.8. The molecule has 0 bridgehead atoms. The predicted molar refractivity (Wildman–Crippen MR) is 129 cm³/mol. The number of ether oxygens (including phenoxy) is 1. The molecule has 3 heteroatoms. The average molecular weight is 415 g/mol. The van der Waals surface area contributed by atoms with Crippen LogP contribution in [0.15, 0.2) is 0 Å². The molecule has 0 saturated heterocycles. The zero-order valence-electron chi connectivity index (χ0n) is 20.2. The maximum atomic E-state index is 6.77. The first-order valence-corrected chi connectivity index (χ1v) is 15.5. The van der Waals surface area contributed by atoms with E-state index in [-0.39, 0.29) is 0 Å². The van der Waals surface area contributed by atoms with Crippen LogP contribution in [-0.2, 0) is 9.16 Å². The van der Waals surface area contributed by atoms with Gasteiger partial charge in [-0.15, -0.1) is 0 Å². The largest absolute Gasteiger partial charge is 0.414 e. The molecule has 28 heavy (non-hydrogen) atoms. The van der Waals surface area contributed by atoms with E-state index in [1.807, 2.05) is 0 Å². The van der Waals surface area contributed by atoms with Crippen LogP contribution in [0.3, 0.4) is 0 Å². The van der Waals surface area contributed by atoms with E-state index >= 15 is 0 Å². The molecular weight excluding hydrogens is 360 g/mol. The van der Waals surface area contributed by atoms with E-state index < -0.39 is 8.32 Å². The normalized spacial score (nSPS) is 12.0. The van der Waals surface area contributed by atoms with E-state index in [1.54, 1.807) is 0 Å². The van der Waals surface area contributed by atoms with Gasteiger partial charge in [-0.25, -0.2) is 0 Å². The average Bonchev–Trinajstić information content (AvgIpc) is 2.70. The SMILES string of the molecule is CCCCCCC[Si](CCCCCCC)(CCCCCCC)OCCOCC. The Labute approximate surface area is 179 Å². The lowest BCUT2D eigenvalue weighted by Gasteiger charge is -2.32. The first-order chi connectivity index (χ1) is 13.7. The number of rotatable bonds is 23. The minimum Gasteiger partial charge on any atom is -0.414 e. The topological polar surface area (TPSA) is 18.5 Å². The minimum absolute atomic E-state index is 0.784. The molecule has 0 aliphatic carbocycles. The van der Waals surface area contributed by atoms with Crippen molar-refractivity contribution in [3.8, 4) is 0 Å². The molecule has 0 spiro atoms. The fraction of sp³-hybridized carbons (Fsp3) is 1.00. The Kier molecular flexibility index (Phi) is 21.9. The summed E-state index contributed by atoms with van der Waals surface area (Å²) in [5.74, 6) is 0. The monoisotopic (exact) mass is 414 g/mol. The molecule has 0 atom stereocenters. The summed E-state index contributed by atoms with van der Waals surface area (Å²) in [5.41, 5.74) is 0. The first-order valence-electron chi connectivity index (χ1n) is 13.0. The molecule has 0 rings (SSSR count). The molecule has 0 saturated carbocycles. The Morgan fingerprint density at radius 1 is 0.464 bits per heavy atom.